The fraction of sp³-hybridized carbons (Fsp3) is 0.500. The summed E-state index contributed by atoms with van der Waals surface area (Å²) in [4.78, 5) is 20.3. The maximum Gasteiger partial charge on any atom is 0.219 e. The van der Waals surface area contributed by atoms with E-state index in [-0.39, 0.29) is 11.8 Å². The van der Waals surface area contributed by atoms with Crippen LogP contribution in [0.5, 0.6) is 5.88 Å². The quantitative estimate of drug-likeness (QED) is 0.859. The van der Waals surface area contributed by atoms with Crippen LogP contribution in [-0.4, -0.2) is 27.6 Å². The van der Waals surface area contributed by atoms with Gasteiger partial charge in [0.25, 0.3) is 0 Å². The van der Waals surface area contributed by atoms with E-state index < -0.39 is 11.4 Å². The highest BCUT2D eigenvalue weighted by atomic mass is 35.5. The highest BCUT2D eigenvalue weighted by molar-refractivity contribution is 6.20. The molecule has 0 aliphatic rings. The van der Waals surface area contributed by atoms with Crippen molar-refractivity contribution >= 4 is 28.7 Å². The molecule has 2 aromatic rings. The van der Waals surface area contributed by atoms with Crippen LogP contribution in [0.2, 0.25) is 0 Å². The van der Waals surface area contributed by atoms with Gasteiger partial charge >= 0.3 is 0 Å². The molecule has 0 saturated carbocycles. The van der Waals surface area contributed by atoms with Gasteiger partial charge in [-0.3, -0.25) is 4.79 Å². The van der Waals surface area contributed by atoms with Crippen LogP contribution in [0.3, 0.4) is 0 Å². The summed E-state index contributed by atoms with van der Waals surface area (Å²) in [5.41, 5.74) is 6.11. The minimum Gasteiger partial charge on any atom is -0.481 e. The molecule has 1 amide bonds. The van der Waals surface area contributed by atoms with Crippen molar-refractivity contribution in [2.75, 3.05) is 7.11 Å². The van der Waals surface area contributed by atoms with Gasteiger partial charge in [-0.1, -0.05) is 0 Å². The number of nitrogens with two attached hydrogens (primary N) is 1. The van der Waals surface area contributed by atoms with Crippen molar-refractivity contribution < 1.29 is 9.53 Å². The predicted molar refractivity (Wildman–Crippen MR) is 81.5 cm³/mol. The monoisotopic (exact) mass is 310 g/mol. The molecule has 1 unspecified atom stereocenters. The first-order valence-corrected chi connectivity index (χ1v) is 7.06. The van der Waals surface area contributed by atoms with Gasteiger partial charge in [-0.15, -0.1) is 11.6 Å². The number of carbonyl (C=O) groups excluding carboxylic acids is 1. The fourth-order valence-corrected chi connectivity index (χ4v) is 2.59. The van der Waals surface area contributed by atoms with Gasteiger partial charge in [0.2, 0.25) is 11.8 Å². The Bertz CT molecular complexity index is 679. The first-order valence-electron chi connectivity index (χ1n) is 6.62. The number of ether oxygens (including phenoxy) is 1. The van der Waals surface area contributed by atoms with E-state index >= 15 is 0 Å². The van der Waals surface area contributed by atoms with Crippen molar-refractivity contribution in [3.8, 4) is 5.88 Å². The Morgan fingerprint density at radius 2 is 2.14 bits per heavy atom. The number of fused-ring (bicyclic) bond motifs is 1. The normalized spacial score (nSPS) is 13.4. The van der Waals surface area contributed by atoms with Crippen LogP contribution in [-0.2, 0) is 10.3 Å². The zero-order chi connectivity index (χ0) is 15.8. The number of halogens is 1. The number of pyridine rings is 1. The van der Waals surface area contributed by atoms with E-state index in [4.69, 9.17) is 22.1 Å². The van der Waals surface area contributed by atoms with Crippen LogP contribution >= 0.6 is 11.6 Å². The van der Waals surface area contributed by atoms with Gasteiger partial charge < -0.3 is 15.0 Å². The number of rotatable bonds is 5. The first kappa shape index (κ1) is 15.6. The van der Waals surface area contributed by atoms with Crippen LogP contribution in [0.25, 0.3) is 11.2 Å². The van der Waals surface area contributed by atoms with Gasteiger partial charge in [0.1, 0.15) is 11.3 Å². The second-order valence-corrected chi connectivity index (χ2v) is 6.23. The molecule has 7 heteroatoms. The molecule has 0 fully saturated rings. The number of methoxy groups -OCH3 is 1. The molecule has 6 nitrogen and oxygen atoms in total. The third-order valence-electron chi connectivity index (χ3n) is 3.28. The number of primary amides is 1. The molecule has 0 bridgehead atoms. The van der Waals surface area contributed by atoms with Gasteiger partial charge in [0, 0.05) is 12.5 Å². The Morgan fingerprint density at radius 3 is 2.67 bits per heavy atom. The van der Waals surface area contributed by atoms with Crippen molar-refractivity contribution in [2.45, 2.75) is 38.1 Å². The summed E-state index contributed by atoms with van der Waals surface area (Å²) in [6.07, 6.45) is 0.161. The lowest BCUT2D eigenvalue weighted by atomic mass is 9.99. The highest BCUT2D eigenvalue weighted by Gasteiger charge is 2.30. The predicted octanol–water partition coefficient (Wildman–Crippen LogP) is 2.35. The summed E-state index contributed by atoms with van der Waals surface area (Å²) in [6.45, 7) is 5.64. The second kappa shape index (κ2) is 5.52. The summed E-state index contributed by atoms with van der Waals surface area (Å²) in [7, 11) is 1.55. The topological polar surface area (TPSA) is 83.0 Å². The largest absolute Gasteiger partial charge is 0.481 e. The standard InChI is InChI=1S/C14H19ClN4O2/c1-8(15)12-17-9-5-6-11(21-4)18-13(9)19(12)14(2,3)7-10(16)20/h5-6,8H,7H2,1-4H3,(H2,16,20). The number of hydrogen-bond acceptors (Lipinski definition) is 4. The Balaban J connectivity index is 2.73. The van der Waals surface area contributed by atoms with Crippen LogP contribution in [0.4, 0.5) is 0 Å². The van der Waals surface area contributed by atoms with E-state index in [1.807, 2.05) is 31.4 Å². The van der Waals surface area contributed by atoms with E-state index in [1.54, 1.807) is 13.2 Å². The van der Waals surface area contributed by atoms with Crippen molar-refractivity contribution in [2.24, 2.45) is 5.73 Å². The van der Waals surface area contributed by atoms with E-state index in [0.29, 0.717) is 22.9 Å². The van der Waals surface area contributed by atoms with Crippen molar-refractivity contribution in [3.63, 3.8) is 0 Å². The molecule has 0 aliphatic heterocycles. The lowest BCUT2D eigenvalue weighted by Crippen LogP contribution is -2.33. The van der Waals surface area contributed by atoms with Crippen LogP contribution < -0.4 is 10.5 Å². The molecule has 2 aromatic heterocycles. The van der Waals surface area contributed by atoms with Gasteiger partial charge in [-0.2, -0.15) is 4.98 Å². The van der Waals surface area contributed by atoms with E-state index in [1.165, 1.54) is 0 Å². The number of imidazole rings is 1. The minimum absolute atomic E-state index is 0.161. The molecule has 0 aromatic carbocycles. The van der Waals surface area contributed by atoms with Gasteiger partial charge in [0.05, 0.1) is 18.0 Å². The Hall–Kier alpha value is -1.82. The average Bonchev–Trinajstić information content (AvgIpc) is 2.76. The summed E-state index contributed by atoms with van der Waals surface area (Å²) in [6, 6.07) is 3.56. The molecule has 114 valence electrons. The molecule has 0 aliphatic carbocycles. The van der Waals surface area contributed by atoms with Gasteiger partial charge in [0.15, 0.2) is 5.65 Å². The summed E-state index contributed by atoms with van der Waals surface area (Å²) in [5, 5.41) is -0.322. The average molecular weight is 311 g/mol. The molecule has 0 saturated heterocycles. The lowest BCUT2D eigenvalue weighted by molar-refractivity contribution is -0.119. The number of hydrogen-bond donors (Lipinski definition) is 1. The molecule has 21 heavy (non-hydrogen) atoms. The second-order valence-electron chi connectivity index (χ2n) is 5.57. The number of aromatic nitrogens is 3. The first-order chi connectivity index (χ1) is 9.76. The number of alkyl halides is 1. The molecule has 2 N–H and O–H groups in total. The summed E-state index contributed by atoms with van der Waals surface area (Å²) >= 11 is 6.24. The molecule has 0 radical (unpaired) electrons. The molecular weight excluding hydrogens is 292 g/mol. The Labute approximate surface area is 128 Å². The van der Waals surface area contributed by atoms with Crippen LogP contribution in [0, 0.1) is 0 Å². The van der Waals surface area contributed by atoms with Crippen LogP contribution in [0.15, 0.2) is 12.1 Å². The number of carbonyl (C=O) groups is 1. The van der Waals surface area contributed by atoms with Crippen LogP contribution in [0.1, 0.15) is 38.4 Å². The summed E-state index contributed by atoms with van der Waals surface area (Å²) in [5.74, 6) is 0.740. The third kappa shape index (κ3) is 2.95. The fourth-order valence-electron chi connectivity index (χ4n) is 2.44. The van der Waals surface area contributed by atoms with E-state index in [2.05, 4.69) is 9.97 Å². The van der Waals surface area contributed by atoms with Crippen molar-refractivity contribution in [1.29, 1.82) is 0 Å². The zero-order valence-corrected chi connectivity index (χ0v) is 13.3. The SMILES string of the molecule is COc1ccc2nc(C(C)Cl)n(C(C)(C)CC(N)=O)c2n1. The maximum atomic E-state index is 11.4. The van der Waals surface area contributed by atoms with Gasteiger partial charge in [-0.05, 0) is 26.8 Å². The molecule has 2 heterocycles. The number of amides is 1. The zero-order valence-electron chi connectivity index (χ0n) is 12.6. The molecular formula is C14H19ClN4O2. The molecule has 0 spiro atoms. The van der Waals surface area contributed by atoms with E-state index in [0.717, 1.165) is 0 Å². The lowest BCUT2D eigenvalue weighted by Gasteiger charge is -2.28. The molecule has 2 rings (SSSR count). The summed E-state index contributed by atoms with van der Waals surface area (Å²) < 4.78 is 7.03. The Morgan fingerprint density at radius 1 is 1.48 bits per heavy atom. The smallest absolute Gasteiger partial charge is 0.219 e. The molecule has 1 atom stereocenters. The minimum atomic E-state index is -0.585. The van der Waals surface area contributed by atoms with Gasteiger partial charge in [-0.25, -0.2) is 4.98 Å². The maximum absolute atomic E-state index is 11.4. The Kier molecular flexibility index (Phi) is 4.09. The highest BCUT2D eigenvalue weighted by Crippen LogP contribution is 2.32. The number of nitrogens with zero attached hydrogens (tertiary/aromatic N) is 3. The van der Waals surface area contributed by atoms with E-state index in [9.17, 15) is 4.79 Å². The van der Waals surface area contributed by atoms with Crippen molar-refractivity contribution in [1.82, 2.24) is 14.5 Å². The van der Waals surface area contributed by atoms with Crippen molar-refractivity contribution in [3.05, 3.63) is 18.0 Å². The third-order valence-corrected chi connectivity index (χ3v) is 3.48.